The zero-order chi connectivity index (χ0) is 19.7. The van der Waals surface area contributed by atoms with E-state index in [1.807, 2.05) is 36.4 Å². The summed E-state index contributed by atoms with van der Waals surface area (Å²) < 4.78 is 1.77. The molecule has 140 valence electrons. The van der Waals surface area contributed by atoms with E-state index in [4.69, 9.17) is 4.98 Å². The summed E-state index contributed by atoms with van der Waals surface area (Å²) in [6.07, 6.45) is 0. The monoisotopic (exact) mass is 386 g/mol. The van der Waals surface area contributed by atoms with Gasteiger partial charge in [-0.15, -0.1) is 0 Å². The topological polar surface area (TPSA) is 34.9 Å². The molecule has 0 atom stereocenters. The Hall–Kier alpha value is -2.85. The van der Waals surface area contributed by atoms with Crippen LogP contribution in [0.3, 0.4) is 0 Å². The van der Waals surface area contributed by atoms with Crippen LogP contribution in [0.4, 0.5) is 0 Å². The van der Waals surface area contributed by atoms with Crippen molar-refractivity contribution in [2.75, 3.05) is 0 Å². The number of hydrogen-bond donors (Lipinski definition) is 0. The van der Waals surface area contributed by atoms with E-state index in [0.29, 0.717) is 5.39 Å². The lowest BCUT2D eigenvalue weighted by molar-refractivity contribution is 0.813. The molecule has 0 bridgehead atoms. The second-order valence-electron chi connectivity index (χ2n) is 7.05. The molecule has 3 nitrogen and oxygen atoms in total. The molecular weight excluding hydrogens is 364 g/mol. The van der Waals surface area contributed by atoms with Gasteiger partial charge in [0.25, 0.3) is 5.56 Å². The summed E-state index contributed by atoms with van der Waals surface area (Å²) in [5.74, 6) is 0.760. The number of aromatic nitrogens is 2. The Kier molecular flexibility index (Phi) is 5.05. The summed E-state index contributed by atoms with van der Waals surface area (Å²) in [7, 11) is 0. The smallest absolute Gasteiger partial charge is 0.266 e. The minimum atomic E-state index is -0.0225. The van der Waals surface area contributed by atoms with Crippen LogP contribution in [0.1, 0.15) is 22.3 Å². The highest BCUT2D eigenvalue weighted by molar-refractivity contribution is 7.98. The molecule has 0 aliphatic heterocycles. The van der Waals surface area contributed by atoms with Gasteiger partial charge in [0.05, 0.1) is 16.6 Å². The first-order chi connectivity index (χ1) is 13.5. The van der Waals surface area contributed by atoms with Gasteiger partial charge in [0, 0.05) is 5.75 Å². The van der Waals surface area contributed by atoms with Crippen molar-refractivity contribution in [2.45, 2.75) is 31.7 Å². The van der Waals surface area contributed by atoms with E-state index in [0.717, 1.165) is 33.2 Å². The highest BCUT2D eigenvalue weighted by Crippen LogP contribution is 2.26. The van der Waals surface area contributed by atoms with Gasteiger partial charge in [-0.25, -0.2) is 4.98 Å². The Morgan fingerprint density at radius 3 is 2.43 bits per heavy atom. The maximum atomic E-state index is 13.4. The number of rotatable bonds is 4. The van der Waals surface area contributed by atoms with Crippen LogP contribution in [0.5, 0.6) is 0 Å². The zero-order valence-corrected chi connectivity index (χ0v) is 17.1. The molecule has 0 aliphatic rings. The van der Waals surface area contributed by atoms with Crippen LogP contribution in [0, 0.1) is 20.8 Å². The predicted molar refractivity (Wildman–Crippen MR) is 118 cm³/mol. The van der Waals surface area contributed by atoms with E-state index in [1.165, 1.54) is 11.1 Å². The van der Waals surface area contributed by atoms with E-state index in [9.17, 15) is 4.79 Å². The third-order valence-electron chi connectivity index (χ3n) is 5.05. The lowest BCUT2D eigenvalue weighted by atomic mass is 10.1. The average Bonchev–Trinajstić information content (AvgIpc) is 2.70. The first-order valence-corrected chi connectivity index (χ1v) is 10.3. The van der Waals surface area contributed by atoms with Crippen LogP contribution in [0.25, 0.3) is 16.6 Å². The molecule has 0 spiro atoms. The van der Waals surface area contributed by atoms with E-state index in [-0.39, 0.29) is 5.56 Å². The minimum absolute atomic E-state index is 0.0225. The Morgan fingerprint density at radius 2 is 1.64 bits per heavy atom. The number of benzene rings is 3. The van der Waals surface area contributed by atoms with Gasteiger partial charge in [0.15, 0.2) is 5.16 Å². The zero-order valence-electron chi connectivity index (χ0n) is 16.3. The van der Waals surface area contributed by atoms with Gasteiger partial charge in [-0.3, -0.25) is 9.36 Å². The molecule has 0 amide bonds. The Morgan fingerprint density at radius 1 is 0.893 bits per heavy atom. The average molecular weight is 387 g/mol. The molecule has 28 heavy (non-hydrogen) atoms. The summed E-state index contributed by atoms with van der Waals surface area (Å²) in [5.41, 5.74) is 6.32. The lowest BCUT2D eigenvalue weighted by Gasteiger charge is -2.16. The first-order valence-electron chi connectivity index (χ1n) is 9.31. The standard InChI is InChI=1S/C24H22N2OS/c1-16-11-13-19(14-12-16)15-28-24-25-21-9-5-4-8-20(21)23(27)26(24)22-10-6-7-17(2)18(22)3/h4-14H,15H2,1-3H3. The van der Waals surface area contributed by atoms with E-state index in [1.54, 1.807) is 16.3 Å². The molecule has 0 unspecified atom stereocenters. The van der Waals surface area contributed by atoms with Crippen molar-refractivity contribution in [1.29, 1.82) is 0 Å². The van der Waals surface area contributed by atoms with Crippen molar-refractivity contribution in [3.05, 3.63) is 99.3 Å². The van der Waals surface area contributed by atoms with Crippen molar-refractivity contribution in [2.24, 2.45) is 0 Å². The second kappa shape index (κ2) is 7.64. The second-order valence-corrected chi connectivity index (χ2v) is 7.99. The number of aryl methyl sites for hydroxylation is 2. The molecule has 1 heterocycles. The maximum Gasteiger partial charge on any atom is 0.266 e. The minimum Gasteiger partial charge on any atom is -0.268 e. The quantitative estimate of drug-likeness (QED) is 0.338. The third kappa shape index (κ3) is 3.48. The van der Waals surface area contributed by atoms with Gasteiger partial charge in [0.1, 0.15) is 0 Å². The number of fused-ring (bicyclic) bond motifs is 1. The number of thioether (sulfide) groups is 1. The van der Waals surface area contributed by atoms with Gasteiger partial charge in [-0.1, -0.05) is 65.9 Å². The number of hydrogen-bond acceptors (Lipinski definition) is 3. The maximum absolute atomic E-state index is 13.4. The Bertz CT molecular complexity index is 1210. The predicted octanol–water partition coefficient (Wildman–Crippen LogP) is 5.60. The van der Waals surface area contributed by atoms with Gasteiger partial charge < -0.3 is 0 Å². The summed E-state index contributed by atoms with van der Waals surface area (Å²) in [4.78, 5) is 18.2. The van der Waals surface area contributed by atoms with Crippen molar-refractivity contribution in [3.8, 4) is 5.69 Å². The summed E-state index contributed by atoms with van der Waals surface area (Å²) in [6.45, 7) is 6.21. The Balaban J connectivity index is 1.87. The molecule has 0 N–H and O–H groups in total. The van der Waals surface area contributed by atoms with Crippen molar-refractivity contribution in [1.82, 2.24) is 9.55 Å². The first kappa shape index (κ1) is 18.5. The van der Waals surface area contributed by atoms with Crippen LogP contribution in [0.2, 0.25) is 0 Å². The van der Waals surface area contributed by atoms with E-state index >= 15 is 0 Å². The number of nitrogens with zero attached hydrogens (tertiary/aromatic N) is 2. The van der Waals surface area contributed by atoms with Crippen LogP contribution >= 0.6 is 11.8 Å². The third-order valence-corrected chi connectivity index (χ3v) is 6.06. The van der Waals surface area contributed by atoms with Crippen LogP contribution in [0.15, 0.2) is 76.7 Å². The van der Waals surface area contributed by atoms with E-state index < -0.39 is 0 Å². The highest BCUT2D eigenvalue weighted by atomic mass is 32.2. The summed E-state index contributed by atoms with van der Waals surface area (Å²) in [6, 6.07) is 22.1. The largest absolute Gasteiger partial charge is 0.268 e. The molecule has 1 aromatic heterocycles. The van der Waals surface area contributed by atoms with Gasteiger partial charge >= 0.3 is 0 Å². The van der Waals surface area contributed by atoms with Crippen molar-refractivity contribution >= 4 is 22.7 Å². The fraction of sp³-hybridized carbons (Fsp3) is 0.167. The van der Waals surface area contributed by atoms with Crippen LogP contribution < -0.4 is 5.56 Å². The van der Waals surface area contributed by atoms with Gasteiger partial charge in [-0.05, 0) is 55.7 Å². The summed E-state index contributed by atoms with van der Waals surface area (Å²) >= 11 is 1.60. The molecule has 0 saturated heterocycles. The molecule has 4 rings (SSSR count). The molecule has 0 aliphatic carbocycles. The Labute approximate surface area is 169 Å². The van der Waals surface area contributed by atoms with Crippen LogP contribution in [-0.4, -0.2) is 9.55 Å². The van der Waals surface area contributed by atoms with Gasteiger partial charge in [-0.2, -0.15) is 0 Å². The number of para-hydroxylation sites is 1. The molecule has 0 saturated carbocycles. The molecule has 3 aromatic carbocycles. The summed E-state index contributed by atoms with van der Waals surface area (Å²) in [5, 5.41) is 1.36. The molecule has 4 aromatic rings. The fourth-order valence-corrected chi connectivity index (χ4v) is 4.19. The van der Waals surface area contributed by atoms with Crippen LogP contribution in [-0.2, 0) is 5.75 Å². The molecular formula is C24H22N2OS. The normalized spacial score (nSPS) is 11.1. The van der Waals surface area contributed by atoms with Crippen molar-refractivity contribution < 1.29 is 0 Å². The SMILES string of the molecule is Cc1ccc(CSc2nc3ccccc3c(=O)n2-c2cccc(C)c2C)cc1. The fourth-order valence-electron chi connectivity index (χ4n) is 3.23. The molecule has 4 heteroatoms. The lowest BCUT2D eigenvalue weighted by Crippen LogP contribution is -2.22. The highest BCUT2D eigenvalue weighted by Gasteiger charge is 2.15. The van der Waals surface area contributed by atoms with Gasteiger partial charge in [0.2, 0.25) is 0 Å². The van der Waals surface area contributed by atoms with Crippen molar-refractivity contribution in [3.63, 3.8) is 0 Å². The molecule has 0 radical (unpaired) electrons. The molecule has 0 fully saturated rings. The van der Waals surface area contributed by atoms with E-state index in [2.05, 4.69) is 51.1 Å².